The Morgan fingerprint density at radius 2 is 2.04 bits per heavy atom. The lowest BCUT2D eigenvalue weighted by Crippen LogP contribution is -2.47. The van der Waals surface area contributed by atoms with Crippen LogP contribution in [0.1, 0.15) is 37.8 Å². The topological polar surface area (TPSA) is 70.7 Å². The maximum absolute atomic E-state index is 12.1. The molecule has 6 heteroatoms. The lowest BCUT2D eigenvalue weighted by atomic mass is 9.91. The summed E-state index contributed by atoms with van der Waals surface area (Å²) < 4.78 is 5.41. The van der Waals surface area contributed by atoms with Gasteiger partial charge < -0.3 is 20.3 Å². The number of alkyl carbamates (subject to hydrolysis) is 1. The molecule has 1 atom stereocenters. The summed E-state index contributed by atoms with van der Waals surface area (Å²) in [6.07, 6.45) is 1.83. The summed E-state index contributed by atoms with van der Waals surface area (Å²) in [5.74, 6) is 0.0700. The Labute approximate surface area is 142 Å². The van der Waals surface area contributed by atoms with Gasteiger partial charge in [-0.2, -0.15) is 0 Å². The van der Waals surface area contributed by atoms with E-state index in [0.717, 1.165) is 38.0 Å². The van der Waals surface area contributed by atoms with Crippen molar-refractivity contribution in [2.75, 3.05) is 26.2 Å². The van der Waals surface area contributed by atoms with E-state index in [-0.39, 0.29) is 23.6 Å². The zero-order valence-electron chi connectivity index (χ0n) is 14.1. The molecule has 3 rings (SSSR count). The highest BCUT2D eigenvalue weighted by atomic mass is 16.6. The second-order valence-electron chi connectivity index (χ2n) is 6.72. The van der Waals surface area contributed by atoms with Crippen molar-refractivity contribution in [2.24, 2.45) is 0 Å². The Balaban J connectivity index is 1.39. The van der Waals surface area contributed by atoms with Crippen molar-refractivity contribution >= 4 is 12.0 Å². The SMILES string of the molecule is C[C@@H](NC(=O)CCN1CCC2(CC1)CNC(=O)O2)c1ccccc1. The van der Waals surface area contributed by atoms with Crippen molar-refractivity contribution in [3.63, 3.8) is 0 Å². The number of rotatable bonds is 5. The summed E-state index contributed by atoms with van der Waals surface area (Å²) >= 11 is 0. The van der Waals surface area contributed by atoms with Crippen LogP contribution in [0.4, 0.5) is 4.79 Å². The Morgan fingerprint density at radius 3 is 2.67 bits per heavy atom. The van der Waals surface area contributed by atoms with Crippen molar-refractivity contribution in [3.05, 3.63) is 35.9 Å². The van der Waals surface area contributed by atoms with Crippen LogP contribution in [-0.4, -0.2) is 48.7 Å². The van der Waals surface area contributed by atoms with Gasteiger partial charge in [0.25, 0.3) is 0 Å². The van der Waals surface area contributed by atoms with E-state index in [9.17, 15) is 9.59 Å². The molecule has 0 aromatic heterocycles. The number of nitrogens with one attached hydrogen (secondary N) is 2. The van der Waals surface area contributed by atoms with Gasteiger partial charge in [-0.1, -0.05) is 30.3 Å². The number of nitrogens with zero attached hydrogens (tertiary/aromatic N) is 1. The van der Waals surface area contributed by atoms with E-state index in [1.807, 2.05) is 37.3 Å². The van der Waals surface area contributed by atoms with Crippen LogP contribution in [0.3, 0.4) is 0 Å². The van der Waals surface area contributed by atoms with Gasteiger partial charge in [-0.05, 0) is 12.5 Å². The van der Waals surface area contributed by atoms with E-state index < -0.39 is 0 Å². The summed E-state index contributed by atoms with van der Waals surface area (Å²) in [7, 11) is 0. The first-order valence-electron chi connectivity index (χ1n) is 8.60. The number of piperidine rings is 1. The summed E-state index contributed by atoms with van der Waals surface area (Å²) in [4.78, 5) is 25.6. The van der Waals surface area contributed by atoms with Crippen LogP contribution in [0, 0.1) is 0 Å². The van der Waals surface area contributed by atoms with Crippen molar-refractivity contribution in [2.45, 2.75) is 37.8 Å². The third-order valence-corrected chi connectivity index (χ3v) is 4.96. The van der Waals surface area contributed by atoms with Gasteiger partial charge in [0.1, 0.15) is 5.60 Å². The van der Waals surface area contributed by atoms with E-state index in [0.29, 0.717) is 13.0 Å². The van der Waals surface area contributed by atoms with Gasteiger partial charge in [0.2, 0.25) is 5.91 Å². The Hall–Kier alpha value is -2.08. The molecule has 0 unspecified atom stereocenters. The van der Waals surface area contributed by atoms with E-state index in [1.54, 1.807) is 0 Å². The van der Waals surface area contributed by atoms with E-state index in [1.165, 1.54) is 0 Å². The lowest BCUT2D eigenvalue weighted by molar-refractivity contribution is -0.122. The number of amides is 2. The molecule has 2 fully saturated rings. The minimum Gasteiger partial charge on any atom is -0.441 e. The van der Waals surface area contributed by atoms with Gasteiger partial charge in [-0.3, -0.25) is 4.79 Å². The maximum Gasteiger partial charge on any atom is 0.407 e. The normalized spacial score (nSPS) is 21.1. The van der Waals surface area contributed by atoms with E-state index >= 15 is 0 Å². The van der Waals surface area contributed by atoms with Crippen LogP contribution >= 0.6 is 0 Å². The first-order valence-corrected chi connectivity index (χ1v) is 8.60. The first kappa shape index (κ1) is 16.8. The van der Waals surface area contributed by atoms with Crippen molar-refractivity contribution in [3.8, 4) is 0 Å². The molecule has 2 aliphatic rings. The van der Waals surface area contributed by atoms with E-state index in [4.69, 9.17) is 4.74 Å². The lowest BCUT2D eigenvalue weighted by Gasteiger charge is -2.37. The predicted octanol–water partition coefficient (Wildman–Crippen LogP) is 1.83. The molecular weight excluding hydrogens is 306 g/mol. The fourth-order valence-electron chi connectivity index (χ4n) is 3.36. The molecule has 0 bridgehead atoms. The number of ether oxygens (including phenoxy) is 1. The quantitative estimate of drug-likeness (QED) is 0.863. The monoisotopic (exact) mass is 331 g/mol. The average molecular weight is 331 g/mol. The van der Waals surface area contributed by atoms with Crippen LogP contribution in [0.2, 0.25) is 0 Å². The van der Waals surface area contributed by atoms with Gasteiger partial charge in [0, 0.05) is 38.9 Å². The van der Waals surface area contributed by atoms with Crippen LogP contribution in [0.5, 0.6) is 0 Å². The zero-order valence-corrected chi connectivity index (χ0v) is 14.1. The maximum atomic E-state index is 12.1. The third-order valence-electron chi connectivity index (χ3n) is 4.96. The molecule has 6 nitrogen and oxygen atoms in total. The number of carbonyl (C=O) groups is 2. The molecule has 1 spiro atoms. The second-order valence-corrected chi connectivity index (χ2v) is 6.72. The number of carbonyl (C=O) groups excluding carboxylic acids is 2. The largest absolute Gasteiger partial charge is 0.441 e. The Bertz CT molecular complexity index is 582. The van der Waals surface area contributed by atoms with Crippen molar-refractivity contribution in [1.29, 1.82) is 0 Å². The van der Waals surface area contributed by atoms with E-state index in [2.05, 4.69) is 15.5 Å². The molecule has 0 radical (unpaired) electrons. The fourth-order valence-corrected chi connectivity index (χ4v) is 3.36. The summed E-state index contributed by atoms with van der Waals surface area (Å²) in [6, 6.07) is 9.99. The smallest absolute Gasteiger partial charge is 0.407 e. The minimum atomic E-state index is -0.322. The zero-order chi connectivity index (χ0) is 17.0. The molecule has 130 valence electrons. The molecule has 0 aliphatic carbocycles. The third kappa shape index (κ3) is 4.06. The average Bonchev–Trinajstić information content (AvgIpc) is 2.96. The standard InChI is InChI=1S/C18H25N3O3/c1-14(15-5-3-2-4-6-15)20-16(22)7-10-21-11-8-18(9-12-21)13-19-17(23)24-18/h2-6,14H,7-13H2,1H3,(H,19,23)(H,20,22)/t14-/m1/s1. The molecular formula is C18H25N3O3. The van der Waals surface area contributed by atoms with Gasteiger partial charge in [0.15, 0.2) is 0 Å². The number of hydrogen-bond acceptors (Lipinski definition) is 4. The minimum absolute atomic E-state index is 0.0206. The molecule has 2 saturated heterocycles. The Morgan fingerprint density at radius 1 is 1.33 bits per heavy atom. The molecule has 2 N–H and O–H groups in total. The van der Waals surface area contributed by atoms with Crippen molar-refractivity contribution in [1.82, 2.24) is 15.5 Å². The summed E-state index contributed by atoms with van der Waals surface area (Å²) in [6.45, 7) is 5.06. The van der Waals surface area contributed by atoms with Crippen LogP contribution in [0.25, 0.3) is 0 Å². The van der Waals surface area contributed by atoms with Crippen molar-refractivity contribution < 1.29 is 14.3 Å². The fraction of sp³-hybridized carbons (Fsp3) is 0.556. The summed E-state index contributed by atoms with van der Waals surface area (Å²) in [5, 5.41) is 5.78. The molecule has 2 aliphatic heterocycles. The number of hydrogen-bond donors (Lipinski definition) is 2. The van der Waals surface area contributed by atoms with Crippen LogP contribution in [0.15, 0.2) is 30.3 Å². The van der Waals surface area contributed by atoms with Crippen LogP contribution < -0.4 is 10.6 Å². The first-order chi connectivity index (χ1) is 11.6. The molecule has 1 aromatic rings. The van der Waals surface area contributed by atoms with Gasteiger partial charge in [0.05, 0.1) is 12.6 Å². The Kier molecular flexibility index (Phi) is 5.04. The van der Waals surface area contributed by atoms with Gasteiger partial charge in [-0.15, -0.1) is 0 Å². The molecule has 24 heavy (non-hydrogen) atoms. The second kappa shape index (κ2) is 7.21. The highest BCUT2D eigenvalue weighted by Gasteiger charge is 2.42. The summed E-state index contributed by atoms with van der Waals surface area (Å²) in [5.41, 5.74) is 0.791. The number of benzene rings is 1. The van der Waals surface area contributed by atoms with Gasteiger partial charge in [-0.25, -0.2) is 4.79 Å². The highest BCUT2D eigenvalue weighted by Crippen LogP contribution is 2.29. The predicted molar refractivity (Wildman–Crippen MR) is 90.5 cm³/mol. The van der Waals surface area contributed by atoms with Gasteiger partial charge >= 0.3 is 6.09 Å². The van der Waals surface area contributed by atoms with Crippen LogP contribution in [-0.2, 0) is 9.53 Å². The molecule has 2 heterocycles. The highest BCUT2D eigenvalue weighted by molar-refractivity contribution is 5.76. The molecule has 2 amide bonds. The molecule has 1 aromatic carbocycles. The number of likely N-dealkylation sites (tertiary alicyclic amines) is 1. The molecule has 0 saturated carbocycles.